The Morgan fingerprint density at radius 2 is 2.15 bits per heavy atom. The molecule has 1 unspecified atom stereocenters. The molecule has 0 saturated carbocycles. The van der Waals surface area contributed by atoms with Crippen molar-refractivity contribution in [2.45, 2.75) is 52.0 Å². The van der Waals surface area contributed by atoms with Gasteiger partial charge in [-0.05, 0) is 43.5 Å². The van der Waals surface area contributed by atoms with Crippen molar-refractivity contribution in [2.24, 2.45) is 0 Å². The number of benzene rings is 1. The molecule has 0 aliphatic heterocycles. The van der Waals surface area contributed by atoms with Gasteiger partial charge in [-0.3, -0.25) is 4.79 Å². The molecule has 20 heavy (non-hydrogen) atoms. The van der Waals surface area contributed by atoms with Crippen LogP contribution in [0, 0.1) is 6.92 Å². The number of carboxylic acid groups (broad SMARTS) is 1. The molecule has 3 nitrogen and oxygen atoms in total. The molecular formula is C16H24ClNO2. The Bertz CT molecular complexity index is 434. The SMILES string of the molecule is CCCCCNC(CC(=O)O)Cc1ccc(Cl)c(C)c1. The van der Waals surface area contributed by atoms with E-state index in [-0.39, 0.29) is 12.5 Å². The standard InChI is InChI=1S/C16H24ClNO2/c1-3-4-5-8-18-14(11-16(19)20)10-13-6-7-15(17)12(2)9-13/h6-7,9,14,18H,3-5,8,10-11H2,1-2H3,(H,19,20). The lowest BCUT2D eigenvalue weighted by molar-refractivity contribution is -0.137. The number of carbonyl (C=O) groups is 1. The molecular weight excluding hydrogens is 274 g/mol. The van der Waals surface area contributed by atoms with E-state index in [2.05, 4.69) is 12.2 Å². The monoisotopic (exact) mass is 297 g/mol. The normalized spacial score (nSPS) is 12.3. The van der Waals surface area contributed by atoms with Gasteiger partial charge in [0.05, 0.1) is 6.42 Å². The molecule has 0 heterocycles. The Morgan fingerprint density at radius 3 is 2.75 bits per heavy atom. The summed E-state index contributed by atoms with van der Waals surface area (Å²) in [6.45, 7) is 5.00. The number of hydrogen-bond acceptors (Lipinski definition) is 2. The number of halogens is 1. The molecule has 0 radical (unpaired) electrons. The zero-order chi connectivity index (χ0) is 15.0. The van der Waals surface area contributed by atoms with Gasteiger partial charge in [0.1, 0.15) is 0 Å². The zero-order valence-corrected chi connectivity index (χ0v) is 13.0. The number of unbranched alkanes of at least 4 members (excludes halogenated alkanes) is 2. The highest BCUT2D eigenvalue weighted by Gasteiger charge is 2.13. The van der Waals surface area contributed by atoms with E-state index in [4.69, 9.17) is 16.7 Å². The second kappa shape index (κ2) is 8.98. The highest BCUT2D eigenvalue weighted by atomic mass is 35.5. The van der Waals surface area contributed by atoms with Gasteiger partial charge in [0.15, 0.2) is 0 Å². The summed E-state index contributed by atoms with van der Waals surface area (Å²) >= 11 is 6.01. The molecule has 0 aromatic heterocycles. The van der Waals surface area contributed by atoms with Crippen LogP contribution < -0.4 is 5.32 Å². The lowest BCUT2D eigenvalue weighted by Crippen LogP contribution is -2.34. The smallest absolute Gasteiger partial charge is 0.304 e. The fourth-order valence-corrected chi connectivity index (χ4v) is 2.34. The fraction of sp³-hybridized carbons (Fsp3) is 0.562. The summed E-state index contributed by atoms with van der Waals surface area (Å²) in [6, 6.07) is 5.86. The number of carboxylic acids is 1. The number of hydrogen-bond donors (Lipinski definition) is 2. The molecule has 1 rings (SSSR count). The summed E-state index contributed by atoms with van der Waals surface area (Å²) in [4.78, 5) is 10.9. The minimum atomic E-state index is -0.760. The average Bonchev–Trinajstić information content (AvgIpc) is 2.38. The maximum Gasteiger partial charge on any atom is 0.304 e. The topological polar surface area (TPSA) is 49.3 Å². The first-order chi connectivity index (χ1) is 9.52. The van der Waals surface area contributed by atoms with Gasteiger partial charge in [-0.25, -0.2) is 0 Å². The quantitative estimate of drug-likeness (QED) is 0.681. The summed E-state index contributed by atoms with van der Waals surface area (Å²) in [5, 5.41) is 13.1. The molecule has 0 fully saturated rings. The van der Waals surface area contributed by atoms with E-state index in [0.717, 1.165) is 35.5 Å². The van der Waals surface area contributed by atoms with Crippen molar-refractivity contribution >= 4 is 17.6 Å². The third-order valence-electron chi connectivity index (χ3n) is 3.34. The van der Waals surface area contributed by atoms with Gasteiger partial charge in [0.25, 0.3) is 0 Å². The van der Waals surface area contributed by atoms with Crippen molar-refractivity contribution in [3.8, 4) is 0 Å². The maximum atomic E-state index is 10.9. The Balaban J connectivity index is 2.58. The van der Waals surface area contributed by atoms with Crippen LogP contribution in [0.25, 0.3) is 0 Å². The lowest BCUT2D eigenvalue weighted by atomic mass is 10.0. The fourth-order valence-electron chi connectivity index (χ4n) is 2.23. The number of aryl methyl sites for hydroxylation is 1. The van der Waals surface area contributed by atoms with Crippen LogP contribution in [0.3, 0.4) is 0 Å². The van der Waals surface area contributed by atoms with Crippen molar-refractivity contribution < 1.29 is 9.90 Å². The highest BCUT2D eigenvalue weighted by Crippen LogP contribution is 2.17. The first kappa shape index (κ1) is 17.0. The van der Waals surface area contributed by atoms with E-state index in [1.807, 2.05) is 25.1 Å². The lowest BCUT2D eigenvalue weighted by Gasteiger charge is -2.17. The van der Waals surface area contributed by atoms with Gasteiger partial charge in [-0.1, -0.05) is 43.5 Å². The number of nitrogens with one attached hydrogen (secondary N) is 1. The predicted octanol–water partition coefficient (Wildman–Crippen LogP) is 3.81. The Hall–Kier alpha value is -1.06. The molecule has 0 spiro atoms. The molecule has 4 heteroatoms. The largest absolute Gasteiger partial charge is 0.481 e. The number of aliphatic carboxylic acids is 1. The summed E-state index contributed by atoms with van der Waals surface area (Å²) in [5.41, 5.74) is 2.16. The van der Waals surface area contributed by atoms with Crippen LogP contribution in [0.2, 0.25) is 5.02 Å². The molecule has 112 valence electrons. The molecule has 0 aliphatic carbocycles. The Morgan fingerprint density at radius 1 is 1.40 bits per heavy atom. The van der Waals surface area contributed by atoms with Crippen LogP contribution in [0.15, 0.2) is 18.2 Å². The van der Waals surface area contributed by atoms with Crippen LogP contribution in [0.5, 0.6) is 0 Å². The van der Waals surface area contributed by atoms with Gasteiger partial charge >= 0.3 is 5.97 Å². The van der Waals surface area contributed by atoms with Gasteiger partial charge < -0.3 is 10.4 Å². The van der Waals surface area contributed by atoms with Crippen molar-refractivity contribution in [3.63, 3.8) is 0 Å². The van der Waals surface area contributed by atoms with Crippen LogP contribution in [-0.4, -0.2) is 23.7 Å². The molecule has 1 aromatic rings. The van der Waals surface area contributed by atoms with Crippen LogP contribution >= 0.6 is 11.6 Å². The Kier molecular flexibility index (Phi) is 7.63. The second-order valence-electron chi connectivity index (χ2n) is 5.24. The maximum absolute atomic E-state index is 10.9. The van der Waals surface area contributed by atoms with Crippen molar-refractivity contribution in [1.29, 1.82) is 0 Å². The van der Waals surface area contributed by atoms with E-state index < -0.39 is 5.97 Å². The molecule has 1 aromatic carbocycles. The third-order valence-corrected chi connectivity index (χ3v) is 3.76. The van der Waals surface area contributed by atoms with Gasteiger partial charge in [0.2, 0.25) is 0 Å². The molecule has 0 amide bonds. The van der Waals surface area contributed by atoms with Crippen LogP contribution in [0.1, 0.15) is 43.7 Å². The van der Waals surface area contributed by atoms with Gasteiger partial charge in [-0.15, -0.1) is 0 Å². The van der Waals surface area contributed by atoms with Crippen molar-refractivity contribution in [1.82, 2.24) is 5.32 Å². The first-order valence-corrected chi connectivity index (χ1v) is 7.61. The summed E-state index contributed by atoms with van der Waals surface area (Å²) in [7, 11) is 0. The first-order valence-electron chi connectivity index (χ1n) is 7.23. The van der Waals surface area contributed by atoms with E-state index in [1.54, 1.807) is 0 Å². The average molecular weight is 298 g/mol. The second-order valence-corrected chi connectivity index (χ2v) is 5.65. The van der Waals surface area contributed by atoms with Crippen LogP contribution in [-0.2, 0) is 11.2 Å². The third kappa shape index (κ3) is 6.40. The molecule has 0 bridgehead atoms. The summed E-state index contributed by atoms with van der Waals surface area (Å²) in [6.07, 6.45) is 4.30. The predicted molar refractivity (Wildman–Crippen MR) is 83.5 cm³/mol. The molecule has 0 aliphatic rings. The minimum absolute atomic E-state index is 0.0232. The van der Waals surface area contributed by atoms with Gasteiger partial charge in [0, 0.05) is 11.1 Å². The zero-order valence-electron chi connectivity index (χ0n) is 12.3. The van der Waals surface area contributed by atoms with E-state index in [1.165, 1.54) is 12.8 Å². The van der Waals surface area contributed by atoms with Crippen LogP contribution in [0.4, 0.5) is 0 Å². The van der Waals surface area contributed by atoms with Crippen molar-refractivity contribution in [3.05, 3.63) is 34.3 Å². The molecule has 1 atom stereocenters. The highest BCUT2D eigenvalue weighted by molar-refractivity contribution is 6.31. The molecule has 2 N–H and O–H groups in total. The van der Waals surface area contributed by atoms with E-state index >= 15 is 0 Å². The number of rotatable bonds is 9. The van der Waals surface area contributed by atoms with Crippen molar-refractivity contribution in [2.75, 3.05) is 6.54 Å². The van der Waals surface area contributed by atoms with E-state index in [0.29, 0.717) is 0 Å². The minimum Gasteiger partial charge on any atom is -0.481 e. The van der Waals surface area contributed by atoms with E-state index in [9.17, 15) is 4.79 Å². The Labute approximate surface area is 126 Å². The summed E-state index contributed by atoms with van der Waals surface area (Å²) < 4.78 is 0. The molecule has 0 saturated heterocycles. The van der Waals surface area contributed by atoms with Gasteiger partial charge in [-0.2, -0.15) is 0 Å². The summed E-state index contributed by atoms with van der Waals surface area (Å²) in [5.74, 6) is -0.760.